The molecule has 25 heavy (non-hydrogen) atoms. The SMILES string of the molecule is COc1cc(C(C#N)NC(=O)c2ccc(C)cc2)cc(OC)c1OC. The molecule has 0 aliphatic heterocycles. The molecule has 0 saturated heterocycles. The minimum atomic E-state index is -0.859. The Hall–Kier alpha value is -3.20. The van der Waals surface area contributed by atoms with Crippen molar-refractivity contribution < 1.29 is 19.0 Å². The van der Waals surface area contributed by atoms with Gasteiger partial charge in [-0.2, -0.15) is 5.26 Å². The van der Waals surface area contributed by atoms with Crippen LogP contribution in [0.25, 0.3) is 0 Å². The molecule has 1 N–H and O–H groups in total. The van der Waals surface area contributed by atoms with Crippen LogP contribution in [-0.4, -0.2) is 27.2 Å². The summed E-state index contributed by atoms with van der Waals surface area (Å²) in [6, 6.07) is 11.6. The van der Waals surface area contributed by atoms with E-state index in [1.807, 2.05) is 19.1 Å². The molecule has 0 spiro atoms. The molecule has 1 amide bonds. The van der Waals surface area contributed by atoms with Gasteiger partial charge in [0.1, 0.15) is 6.04 Å². The largest absolute Gasteiger partial charge is 0.493 e. The first-order valence-corrected chi connectivity index (χ1v) is 7.61. The van der Waals surface area contributed by atoms with Gasteiger partial charge >= 0.3 is 0 Å². The summed E-state index contributed by atoms with van der Waals surface area (Å²) in [5, 5.41) is 12.2. The number of benzene rings is 2. The predicted octanol–water partition coefficient (Wildman–Crippen LogP) is 3.02. The molecule has 1 unspecified atom stereocenters. The fourth-order valence-electron chi connectivity index (χ4n) is 2.38. The maximum Gasteiger partial charge on any atom is 0.252 e. The van der Waals surface area contributed by atoms with Crippen molar-refractivity contribution in [1.29, 1.82) is 5.26 Å². The average Bonchev–Trinajstić information content (AvgIpc) is 2.65. The van der Waals surface area contributed by atoms with Crippen molar-refractivity contribution in [2.75, 3.05) is 21.3 Å². The van der Waals surface area contributed by atoms with Crippen molar-refractivity contribution in [3.05, 3.63) is 53.1 Å². The zero-order valence-corrected chi connectivity index (χ0v) is 14.6. The van der Waals surface area contributed by atoms with Crippen LogP contribution in [0.5, 0.6) is 17.2 Å². The van der Waals surface area contributed by atoms with Gasteiger partial charge in [0.2, 0.25) is 5.75 Å². The Balaban J connectivity index is 2.33. The third kappa shape index (κ3) is 4.01. The van der Waals surface area contributed by atoms with Crippen molar-refractivity contribution >= 4 is 5.91 Å². The van der Waals surface area contributed by atoms with E-state index in [-0.39, 0.29) is 5.91 Å². The van der Waals surface area contributed by atoms with E-state index in [1.165, 1.54) is 21.3 Å². The predicted molar refractivity (Wildman–Crippen MR) is 93.1 cm³/mol. The lowest BCUT2D eigenvalue weighted by Crippen LogP contribution is -2.27. The number of amides is 1. The van der Waals surface area contributed by atoms with Gasteiger partial charge in [-0.25, -0.2) is 0 Å². The van der Waals surface area contributed by atoms with Crippen LogP contribution < -0.4 is 19.5 Å². The number of carbonyl (C=O) groups is 1. The summed E-state index contributed by atoms with van der Waals surface area (Å²) in [4.78, 5) is 12.4. The average molecular weight is 340 g/mol. The standard InChI is InChI=1S/C19H20N2O4/c1-12-5-7-13(8-6-12)19(22)21-15(11-20)14-9-16(23-2)18(25-4)17(10-14)24-3/h5-10,15H,1-4H3,(H,21,22). The second-order valence-corrected chi connectivity index (χ2v) is 5.36. The van der Waals surface area contributed by atoms with Crippen LogP contribution in [0.15, 0.2) is 36.4 Å². The monoisotopic (exact) mass is 340 g/mol. The van der Waals surface area contributed by atoms with Gasteiger partial charge in [-0.05, 0) is 36.8 Å². The zero-order valence-electron chi connectivity index (χ0n) is 14.6. The minimum absolute atomic E-state index is 0.333. The Morgan fingerprint density at radius 3 is 2.04 bits per heavy atom. The molecule has 130 valence electrons. The number of carbonyl (C=O) groups excluding carboxylic acids is 1. The normalized spacial score (nSPS) is 11.2. The van der Waals surface area contributed by atoms with Crippen LogP contribution in [0.1, 0.15) is 27.5 Å². The van der Waals surface area contributed by atoms with E-state index in [2.05, 4.69) is 11.4 Å². The molecule has 0 aliphatic carbocycles. The third-order valence-corrected chi connectivity index (χ3v) is 3.74. The summed E-state index contributed by atoms with van der Waals surface area (Å²) in [5.41, 5.74) is 2.08. The van der Waals surface area contributed by atoms with E-state index in [1.54, 1.807) is 24.3 Å². The fourth-order valence-corrected chi connectivity index (χ4v) is 2.38. The number of hydrogen-bond donors (Lipinski definition) is 1. The van der Waals surface area contributed by atoms with Crippen molar-refractivity contribution in [2.24, 2.45) is 0 Å². The van der Waals surface area contributed by atoms with Gasteiger partial charge in [-0.3, -0.25) is 4.79 Å². The Morgan fingerprint density at radius 1 is 1.04 bits per heavy atom. The van der Waals surface area contributed by atoms with Crippen LogP contribution >= 0.6 is 0 Å². The van der Waals surface area contributed by atoms with Gasteiger partial charge in [0.15, 0.2) is 11.5 Å². The smallest absolute Gasteiger partial charge is 0.252 e. The highest BCUT2D eigenvalue weighted by atomic mass is 16.5. The lowest BCUT2D eigenvalue weighted by Gasteiger charge is -2.17. The topological polar surface area (TPSA) is 80.6 Å². The Kier molecular flexibility index (Phi) is 5.85. The lowest BCUT2D eigenvalue weighted by atomic mass is 10.1. The van der Waals surface area contributed by atoms with Crippen LogP contribution in [0.3, 0.4) is 0 Å². The quantitative estimate of drug-likeness (QED) is 0.874. The van der Waals surface area contributed by atoms with Crippen molar-refractivity contribution in [1.82, 2.24) is 5.32 Å². The molecule has 0 saturated carbocycles. The molecule has 2 rings (SSSR count). The van der Waals surface area contributed by atoms with E-state index in [9.17, 15) is 10.1 Å². The fraction of sp³-hybridized carbons (Fsp3) is 0.263. The molecule has 0 fully saturated rings. The molecule has 2 aromatic carbocycles. The van der Waals surface area contributed by atoms with Gasteiger partial charge in [0, 0.05) is 5.56 Å². The summed E-state index contributed by atoms with van der Waals surface area (Å²) in [5.74, 6) is 0.930. The van der Waals surface area contributed by atoms with Crippen LogP contribution in [-0.2, 0) is 0 Å². The third-order valence-electron chi connectivity index (χ3n) is 3.74. The molecule has 0 bridgehead atoms. The first kappa shape index (κ1) is 18.1. The molecule has 6 heteroatoms. The minimum Gasteiger partial charge on any atom is -0.493 e. The highest BCUT2D eigenvalue weighted by Crippen LogP contribution is 2.39. The number of nitrogens with one attached hydrogen (secondary N) is 1. The van der Waals surface area contributed by atoms with Crippen LogP contribution in [0, 0.1) is 18.3 Å². The number of nitrogens with zero attached hydrogens (tertiary/aromatic N) is 1. The Morgan fingerprint density at radius 2 is 1.60 bits per heavy atom. The number of rotatable bonds is 6. The van der Waals surface area contributed by atoms with Gasteiger partial charge in [0.05, 0.1) is 27.4 Å². The molecule has 0 aliphatic rings. The van der Waals surface area contributed by atoms with Crippen molar-refractivity contribution in [2.45, 2.75) is 13.0 Å². The highest BCUT2D eigenvalue weighted by molar-refractivity contribution is 5.94. The van der Waals surface area contributed by atoms with Crippen molar-refractivity contribution in [3.8, 4) is 23.3 Å². The highest BCUT2D eigenvalue weighted by Gasteiger charge is 2.20. The summed E-state index contributed by atoms with van der Waals surface area (Å²) in [6.45, 7) is 1.94. The number of hydrogen-bond acceptors (Lipinski definition) is 5. The van der Waals surface area contributed by atoms with E-state index >= 15 is 0 Å². The van der Waals surface area contributed by atoms with Gasteiger partial charge < -0.3 is 19.5 Å². The zero-order chi connectivity index (χ0) is 18.4. The Bertz CT molecular complexity index is 769. The molecule has 2 aromatic rings. The van der Waals surface area contributed by atoms with Crippen LogP contribution in [0.4, 0.5) is 0 Å². The summed E-state index contributed by atoms with van der Waals surface area (Å²) in [6.07, 6.45) is 0. The number of methoxy groups -OCH3 is 3. The second-order valence-electron chi connectivity index (χ2n) is 5.36. The maximum absolute atomic E-state index is 12.4. The summed E-state index contributed by atoms with van der Waals surface area (Å²) >= 11 is 0. The van der Waals surface area contributed by atoms with E-state index in [4.69, 9.17) is 14.2 Å². The molecule has 6 nitrogen and oxygen atoms in total. The number of aryl methyl sites for hydroxylation is 1. The molecule has 0 heterocycles. The van der Waals surface area contributed by atoms with Crippen LogP contribution in [0.2, 0.25) is 0 Å². The molecular weight excluding hydrogens is 320 g/mol. The molecule has 0 radical (unpaired) electrons. The van der Waals surface area contributed by atoms with Gasteiger partial charge in [-0.15, -0.1) is 0 Å². The first-order valence-electron chi connectivity index (χ1n) is 7.61. The van der Waals surface area contributed by atoms with E-state index < -0.39 is 6.04 Å². The van der Waals surface area contributed by atoms with E-state index in [0.717, 1.165) is 5.56 Å². The summed E-state index contributed by atoms with van der Waals surface area (Å²) < 4.78 is 15.8. The number of ether oxygens (including phenoxy) is 3. The first-order chi connectivity index (χ1) is 12.0. The molecular formula is C19H20N2O4. The summed E-state index contributed by atoms with van der Waals surface area (Å²) in [7, 11) is 4.49. The van der Waals surface area contributed by atoms with Gasteiger partial charge in [0.25, 0.3) is 5.91 Å². The molecule has 1 atom stereocenters. The van der Waals surface area contributed by atoms with E-state index in [0.29, 0.717) is 28.4 Å². The number of nitriles is 1. The van der Waals surface area contributed by atoms with Crippen molar-refractivity contribution in [3.63, 3.8) is 0 Å². The second kappa shape index (κ2) is 8.06. The maximum atomic E-state index is 12.4. The van der Waals surface area contributed by atoms with Gasteiger partial charge in [-0.1, -0.05) is 17.7 Å². The lowest BCUT2D eigenvalue weighted by molar-refractivity contribution is 0.0945. The molecule has 0 aromatic heterocycles. The Labute approximate surface area is 146 Å².